The highest BCUT2D eigenvalue weighted by Gasteiger charge is 1.98. The van der Waals surface area contributed by atoms with Crippen molar-refractivity contribution in [1.29, 1.82) is 0 Å². The molecular weight excluding hydrogens is 264 g/mol. The van der Waals surface area contributed by atoms with Gasteiger partial charge in [0.15, 0.2) is 0 Å². The molecule has 0 heteroatoms. The van der Waals surface area contributed by atoms with Crippen molar-refractivity contribution in [3.05, 3.63) is 114 Å². The van der Waals surface area contributed by atoms with E-state index in [0.29, 0.717) is 0 Å². The van der Waals surface area contributed by atoms with Crippen LogP contribution in [0.2, 0.25) is 0 Å². The second kappa shape index (κ2) is 7.24. The molecule has 0 unspecified atom stereocenters. The fourth-order valence-corrected chi connectivity index (χ4v) is 2.34. The van der Waals surface area contributed by atoms with Crippen LogP contribution in [0.25, 0.3) is 17.7 Å². The van der Waals surface area contributed by atoms with Crippen molar-refractivity contribution >= 4 is 17.7 Å². The van der Waals surface area contributed by atoms with Crippen LogP contribution in [0.5, 0.6) is 0 Å². The minimum atomic E-state index is 1.20. The third-order valence-electron chi connectivity index (χ3n) is 3.48. The molecular formula is C22H18. The average Bonchev–Trinajstić information content (AvgIpc) is 2.61. The van der Waals surface area contributed by atoms with Crippen molar-refractivity contribution < 1.29 is 0 Å². The van der Waals surface area contributed by atoms with E-state index in [0.717, 1.165) is 0 Å². The molecule has 0 nitrogen and oxygen atoms in total. The second-order valence-electron chi connectivity index (χ2n) is 5.12. The molecule has 0 fully saturated rings. The van der Waals surface area contributed by atoms with Gasteiger partial charge >= 0.3 is 0 Å². The van der Waals surface area contributed by atoms with Gasteiger partial charge in [0.05, 0.1) is 0 Å². The van der Waals surface area contributed by atoms with Gasteiger partial charge in [0.2, 0.25) is 0 Å². The molecule has 0 bridgehead atoms. The van der Waals surface area contributed by atoms with E-state index in [4.69, 9.17) is 0 Å². The molecule has 0 spiro atoms. The molecule has 106 valence electrons. The zero-order chi connectivity index (χ0) is 15.0. The number of benzene rings is 3. The molecule has 0 aliphatic rings. The van der Waals surface area contributed by atoms with Gasteiger partial charge in [0.25, 0.3) is 0 Å². The molecule has 0 saturated heterocycles. The van der Waals surface area contributed by atoms with Gasteiger partial charge in [-0.2, -0.15) is 0 Å². The Labute approximate surface area is 132 Å². The predicted molar refractivity (Wildman–Crippen MR) is 96.2 cm³/mol. The van der Waals surface area contributed by atoms with Crippen LogP contribution in [0.4, 0.5) is 0 Å². The number of hydrogen-bond acceptors (Lipinski definition) is 0. The number of hydrogen-bond donors (Lipinski definition) is 0. The Bertz CT molecular complexity index is 751. The van der Waals surface area contributed by atoms with Gasteiger partial charge in [-0.05, 0) is 28.3 Å². The Balaban J connectivity index is 1.97. The molecule has 0 atom stereocenters. The summed E-state index contributed by atoms with van der Waals surface area (Å²) in [5, 5.41) is 0. The Hall–Kier alpha value is -2.86. The van der Waals surface area contributed by atoms with Crippen molar-refractivity contribution in [2.75, 3.05) is 0 Å². The fourth-order valence-electron chi connectivity index (χ4n) is 2.34. The van der Waals surface area contributed by atoms with Crippen LogP contribution in [-0.2, 0) is 0 Å². The first-order valence-electron chi connectivity index (χ1n) is 7.47. The van der Waals surface area contributed by atoms with E-state index in [1.807, 2.05) is 18.2 Å². The summed E-state index contributed by atoms with van der Waals surface area (Å²) >= 11 is 0. The molecule has 3 aromatic carbocycles. The molecule has 0 heterocycles. The van der Waals surface area contributed by atoms with Crippen LogP contribution < -0.4 is 0 Å². The molecule has 0 amide bonds. The van der Waals surface area contributed by atoms with Crippen molar-refractivity contribution in [2.24, 2.45) is 0 Å². The van der Waals surface area contributed by atoms with E-state index < -0.39 is 0 Å². The lowest BCUT2D eigenvalue weighted by molar-refractivity contribution is 1.61. The summed E-state index contributed by atoms with van der Waals surface area (Å²) in [5.41, 5.74) is 4.84. The van der Waals surface area contributed by atoms with Gasteiger partial charge < -0.3 is 0 Å². The molecule has 0 aliphatic carbocycles. The lowest BCUT2D eigenvalue weighted by atomic mass is 10.0. The highest BCUT2D eigenvalue weighted by molar-refractivity contribution is 5.90. The molecule has 0 radical (unpaired) electrons. The molecule has 0 N–H and O–H groups in total. The largest absolute Gasteiger partial charge is 0.0622 e. The predicted octanol–water partition coefficient (Wildman–Crippen LogP) is 5.94. The van der Waals surface area contributed by atoms with Crippen molar-refractivity contribution in [1.82, 2.24) is 0 Å². The smallest absolute Gasteiger partial charge is 0.0178 e. The monoisotopic (exact) mass is 282 g/mol. The van der Waals surface area contributed by atoms with E-state index in [2.05, 4.69) is 91.0 Å². The topological polar surface area (TPSA) is 0 Å². The van der Waals surface area contributed by atoms with Crippen molar-refractivity contribution in [3.8, 4) is 0 Å². The standard InChI is InChI=1S/C22H18/c1-4-10-19(11-5-1)16-17-22(21-14-8-3-9-15-21)18-20-12-6-2-7-13-20/h1-18H/b17-16-,22-18-. The lowest BCUT2D eigenvalue weighted by Gasteiger charge is -2.04. The molecule has 22 heavy (non-hydrogen) atoms. The van der Waals surface area contributed by atoms with Gasteiger partial charge in [0, 0.05) is 0 Å². The summed E-state index contributed by atoms with van der Waals surface area (Å²) in [6.45, 7) is 0. The van der Waals surface area contributed by atoms with Gasteiger partial charge in [-0.15, -0.1) is 0 Å². The van der Waals surface area contributed by atoms with Crippen LogP contribution in [0, 0.1) is 0 Å². The fraction of sp³-hybridized carbons (Fsp3) is 0. The maximum Gasteiger partial charge on any atom is -0.0178 e. The van der Waals surface area contributed by atoms with Crippen LogP contribution >= 0.6 is 0 Å². The average molecular weight is 282 g/mol. The lowest BCUT2D eigenvalue weighted by Crippen LogP contribution is -1.81. The Morgan fingerprint density at radius 3 is 1.64 bits per heavy atom. The van der Waals surface area contributed by atoms with E-state index in [9.17, 15) is 0 Å². The highest BCUT2D eigenvalue weighted by atomic mass is 14.0. The molecule has 0 aliphatic heterocycles. The van der Waals surface area contributed by atoms with Gasteiger partial charge in [-0.3, -0.25) is 0 Å². The quantitative estimate of drug-likeness (QED) is 0.410. The number of rotatable bonds is 4. The SMILES string of the molecule is C(=C/c1ccccc1)/C(=C/c1ccccc1)c1ccccc1. The van der Waals surface area contributed by atoms with Crippen molar-refractivity contribution in [2.45, 2.75) is 0 Å². The van der Waals surface area contributed by atoms with Gasteiger partial charge in [-0.25, -0.2) is 0 Å². The Morgan fingerprint density at radius 2 is 1.05 bits per heavy atom. The van der Waals surface area contributed by atoms with Crippen molar-refractivity contribution in [3.63, 3.8) is 0 Å². The minimum absolute atomic E-state index is 1.20. The van der Waals surface area contributed by atoms with E-state index in [-0.39, 0.29) is 0 Å². The van der Waals surface area contributed by atoms with Gasteiger partial charge in [0.1, 0.15) is 0 Å². The molecule has 0 saturated carbocycles. The Kier molecular flexibility index (Phi) is 4.63. The van der Waals surface area contributed by atoms with Crippen LogP contribution in [0.15, 0.2) is 97.1 Å². The maximum atomic E-state index is 2.22. The summed E-state index contributed by atoms with van der Waals surface area (Å²) in [7, 11) is 0. The third kappa shape index (κ3) is 3.83. The third-order valence-corrected chi connectivity index (χ3v) is 3.48. The highest BCUT2D eigenvalue weighted by Crippen LogP contribution is 2.20. The normalized spacial score (nSPS) is 11.7. The van der Waals surface area contributed by atoms with Crippen LogP contribution in [0.3, 0.4) is 0 Å². The first-order valence-corrected chi connectivity index (χ1v) is 7.47. The number of allylic oxidation sites excluding steroid dienone is 2. The minimum Gasteiger partial charge on any atom is -0.0622 e. The van der Waals surface area contributed by atoms with E-state index in [1.165, 1.54) is 22.3 Å². The molecule has 3 aromatic rings. The molecule has 0 aromatic heterocycles. The summed E-state index contributed by atoms with van der Waals surface area (Å²) < 4.78 is 0. The Morgan fingerprint density at radius 1 is 0.545 bits per heavy atom. The van der Waals surface area contributed by atoms with Gasteiger partial charge in [-0.1, -0.05) is 103 Å². The zero-order valence-electron chi connectivity index (χ0n) is 12.4. The maximum absolute atomic E-state index is 2.22. The zero-order valence-corrected chi connectivity index (χ0v) is 12.4. The summed E-state index contributed by atoms with van der Waals surface area (Å²) in [5.74, 6) is 0. The van der Waals surface area contributed by atoms with E-state index >= 15 is 0 Å². The summed E-state index contributed by atoms with van der Waals surface area (Å²) in [4.78, 5) is 0. The van der Waals surface area contributed by atoms with E-state index in [1.54, 1.807) is 0 Å². The van der Waals surface area contributed by atoms with Crippen LogP contribution in [-0.4, -0.2) is 0 Å². The summed E-state index contributed by atoms with van der Waals surface area (Å²) in [6.07, 6.45) is 6.55. The second-order valence-corrected chi connectivity index (χ2v) is 5.12. The molecule has 3 rings (SSSR count). The summed E-state index contributed by atoms with van der Waals surface area (Å²) in [6, 6.07) is 31.3. The first-order chi connectivity index (χ1) is 10.9. The first kappa shape index (κ1) is 14.1. The van der Waals surface area contributed by atoms with Crippen LogP contribution in [0.1, 0.15) is 16.7 Å².